The van der Waals surface area contributed by atoms with Gasteiger partial charge in [0, 0.05) is 101 Å². The first kappa shape index (κ1) is 56.6. The van der Waals surface area contributed by atoms with Gasteiger partial charge in [-0.15, -0.1) is 0 Å². The fourth-order valence-corrected chi connectivity index (χ4v) is 8.96. The molecule has 77 heavy (non-hydrogen) atoms. The number of piperidine rings is 3. The highest BCUT2D eigenvalue weighted by Gasteiger charge is 2.23. The topological polar surface area (TPSA) is 203 Å². The van der Waals surface area contributed by atoms with Crippen molar-refractivity contribution in [1.82, 2.24) is 19.7 Å². The molecule has 6 aromatic carbocycles. The molecular weight excluding hydrogens is 984 g/mol. The number of nitrogens with one attached hydrogen (secondary N) is 1. The number of hydrogen-bond acceptors (Lipinski definition) is 14. The third kappa shape index (κ3) is 19.5. The number of nitrogens with zero attached hydrogens (tertiary/aromatic N) is 7. The van der Waals surface area contributed by atoms with Gasteiger partial charge in [-0.3, -0.25) is 45.0 Å². The Hall–Kier alpha value is -8.16. The molecule has 0 bridgehead atoms. The summed E-state index contributed by atoms with van der Waals surface area (Å²) in [5.74, 6) is 1.27. The van der Waals surface area contributed by atoms with E-state index in [1.54, 1.807) is 18.2 Å². The van der Waals surface area contributed by atoms with Crippen LogP contribution in [0.4, 0.5) is 33.0 Å². The van der Waals surface area contributed by atoms with E-state index in [0.717, 1.165) is 133 Å². The predicted octanol–water partition coefficient (Wildman–Crippen LogP) is 11.8. The third-order valence-electron chi connectivity index (χ3n) is 13.2. The van der Waals surface area contributed by atoms with E-state index in [1.165, 1.54) is 41.1 Å². The van der Waals surface area contributed by atoms with Gasteiger partial charge in [0.05, 0.1) is 20.9 Å². The highest BCUT2D eigenvalue weighted by atomic mass is 19.1. The lowest BCUT2D eigenvalue weighted by Gasteiger charge is -2.32. The van der Waals surface area contributed by atoms with Crippen molar-refractivity contribution in [3.05, 3.63) is 235 Å². The van der Waals surface area contributed by atoms with Crippen molar-refractivity contribution < 1.29 is 33.7 Å². The minimum Gasteiger partial charge on any atom is -0.490 e. The van der Waals surface area contributed by atoms with Crippen molar-refractivity contribution in [2.75, 3.05) is 44.6 Å². The number of nitro groups is 3. The Kier molecular flexibility index (Phi) is 21.9. The number of non-ortho nitro benzene ring substituents is 2. The van der Waals surface area contributed by atoms with Gasteiger partial charge in [0.25, 0.3) is 11.4 Å². The Bertz CT molecular complexity index is 2850. The van der Waals surface area contributed by atoms with Crippen molar-refractivity contribution in [3.8, 4) is 11.5 Å². The number of aromatic nitrogens is 1. The van der Waals surface area contributed by atoms with Gasteiger partial charge in [-0.1, -0.05) is 91.0 Å². The smallest absolute Gasteiger partial charge is 0.311 e. The first-order valence-electron chi connectivity index (χ1n) is 25.8. The summed E-state index contributed by atoms with van der Waals surface area (Å²) in [6.07, 6.45) is 7.63. The Balaban J connectivity index is 0.000000161. The van der Waals surface area contributed by atoms with Crippen LogP contribution in [0.3, 0.4) is 0 Å². The summed E-state index contributed by atoms with van der Waals surface area (Å²) in [6, 6.07) is 52.6. The lowest BCUT2D eigenvalue weighted by molar-refractivity contribution is -0.385. The number of pyridine rings is 1. The second-order valence-electron chi connectivity index (χ2n) is 18.9. The molecule has 402 valence electrons. The molecule has 2 N–H and O–H groups in total. The van der Waals surface area contributed by atoms with E-state index in [0.29, 0.717) is 5.75 Å². The van der Waals surface area contributed by atoms with E-state index >= 15 is 0 Å². The SMILES string of the molecule is O=[N+]([O-])c1ccc(F)cc1.O=[N+]([O-])c1ccc(OC2CCN(Cc3ccccc3)CC2)cc1.O=[N+]([O-])c1cccnc1Nc1ccc(OC2CCN(Cc3ccccc3)CC2)cc1.OC1CCN(Cc2ccccc2)CC1. The fourth-order valence-electron chi connectivity index (χ4n) is 8.96. The van der Waals surface area contributed by atoms with Crippen LogP contribution in [-0.4, -0.2) is 97.1 Å². The lowest BCUT2D eigenvalue weighted by atomic mass is 10.1. The highest BCUT2D eigenvalue weighted by Crippen LogP contribution is 2.28. The molecule has 0 atom stereocenters. The molecule has 3 aliphatic rings. The van der Waals surface area contributed by atoms with Crippen molar-refractivity contribution in [3.63, 3.8) is 0 Å². The zero-order valence-electron chi connectivity index (χ0n) is 42.9. The molecule has 18 heteroatoms. The van der Waals surface area contributed by atoms with Crippen molar-refractivity contribution >= 4 is 28.6 Å². The molecule has 0 radical (unpaired) electrons. The predicted molar refractivity (Wildman–Crippen MR) is 294 cm³/mol. The van der Waals surface area contributed by atoms with E-state index in [-0.39, 0.29) is 41.2 Å². The maximum Gasteiger partial charge on any atom is 0.311 e. The summed E-state index contributed by atoms with van der Waals surface area (Å²) in [6.45, 7) is 9.07. The minimum atomic E-state index is -0.570. The van der Waals surface area contributed by atoms with Crippen LogP contribution in [-0.2, 0) is 19.6 Å². The van der Waals surface area contributed by atoms with Gasteiger partial charge in [-0.05, 0) is 110 Å². The Morgan fingerprint density at radius 1 is 0.494 bits per heavy atom. The van der Waals surface area contributed by atoms with Crippen LogP contribution in [0.15, 0.2) is 182 Å². The molecular formula is C59H65FN8O9. The molecule has 0 unspecified atom stereocenters. The first-order chi connectivity index (χ1) is 37.4. The number of ether oxygens (including phenoxy) is 2. The second kappa shape index (κ2) is 29.8. The van der Waals surface area contributed by atoms with Gasteiger partial charge >= 0.3 is 5.69 Å². The molecule has 3 aliphatic heterocycles. The van der Waals surface area contributed by atoms with Crippen LogP contribution in [0.2, 0.25) is 0 Å². The number of nitro benzene ring substituents is 2. The minimum absolute atomic E-state index is 0.0555. The Morgan fingerprint density at radius 2 is 0.870 bits per heavy atom. The standard InChI is InChI=1S/C23H24N4O3.C18H20N2O3.C12H17NO.C6H4FNO2/c28-27(29)22-7-4-14-24-23(22)25-19-8-10-20(11-9-19)30-21-12-15-26(16-13-21)17-18-5-2-1-3-6-18;21-20(22)16-6-8-17(9-7-16)23-18-10-12-19(13-11-18)14-15-4-2-1-3-5-15;14-12-6-8-13(9-7-12)10-11-4-2-1-3-5-11;7-5-1-3-6(4-2-5)8(9)10/h1-11,14,21H,12-13,15-17H2,(H,24,25);1-9,18H,10-14H2;1-5,12,14H,6-10H2;1-4H. The summed E-state index contributed by atoms with van der Waals surface area (Å²) in [7, 11) is 0. The average molecular weight is 1050 g/mol. The number of likely N-dealkylation sites (tertiary alicyclic amines) is 3. The maximum absolute atomic E-state index is 12.1. The number of benzene rings is 6. The van der Waals surface area contributed by atoms with Crippen LogP contribution >= 0.6 is 0 Å². The zero-order chi connectivity index (χ0) is 54.2. The van der Waals surface area contributed by atoms with Crippen molar-refractivity contribution in [2.45, 2.75) is 76.5 Å². The quantitative estimate of drug-likeness (QED) is 0.0725. The van der Waals surface area contributed by atoms with Gasteiger partial charge in [0.2, 0.25) is 5.82 Å². The van der Waals surface area contributed by atoms with Gasteiger partial charge < -0.3 is 19.9 Å². The van der Waals surface area contributed by atoms with Crippen LogP contribution in [0, 0.1) is 36.2 Å². The molecule has 0 aliphatic carbocycles. The number of hydrogen-bond donors (Lipinski definition) is 2. The molecule has 0 amide bonds. The highest BCUT2D eigenvalue weighted by molar-refractivity contribution is 5.65. The summed E-state index contributed by atoms with van der Waals surface area (Å²) in [5.41, 5.74) is 4.71. The lowest BCUT2D eigenvalue weighted by Crippen LogP contribution is -2.37. The van der Waals surface area contributed by atoms with Crippen LogP contribution in [0.5, 0.6) is 11.5 Å². The number of aliphatic hydroxyl groups is 1. The number of aliphatic hydroxyl groups excluding tert-OH is 1. The van der Waals surface area contributed by atoms with Gasteiger partial charge in [-0.25, -0.2) is 9.37 Å². The van der Waals surface area contributed by atoms with Gasteiger partial charge in [-0.2, -0.15) is 0 Å². The monoisotopic (exact) mass is 1050 g/mol. The second-order valence-corrected chi connectivity index (χ2v) is 18.9. The number of halogens is 1. The molecule has 0 spiro atoms. The van der Waals surface area contributed by atoms with E-state index < -0.39 is 20.6 Å². The molecule has 4 heterocycles. The molecule has 1 aromatic heterocycles. The first-order valence-corrected chi connectivity index (χ1v) is 25.8. The third-order valence-corrected chi connectivity index (χ3v) is 13.2. The van der Waals surface area contributed by atoms with E-state index in [1.807, 2.05) is 42.5 Å². The van der Waals surface area contributed by atoms with E-state index in [4.69, 9.17) is 9.47 Å². The average Bonchev–Trinajstić information content (AvgIpc) is 3.45. The number of rotatable bonds is 15. The largest absolute Gasteiger partial charge is 0.490 e. The van der Waals surface area contributed by atoms with E-state index in [2.05, 4.69) is 97.8 Å². The van der Waals surface area contributed by atoms with Crippen molar-refractivity contribution in [2.24, 2.45) is 0 Å². The summed E-state index contributed by atoms with van der Waals surface area (Å²) >= 11 is 0. The Morgan fingerprint density at radius 3 is 1.26 bits per heavy atom. The Labute approximate surface area is 448 Å². The fraction of sp³-hybridized carbons (Fsp3) is 0.305. The maximum atomic E-state index is 12.1. The van der Waals surface area contributed by atoms with Crippen LogP contribution in [0.1, 0.15) is 55.2 Å². The molecule has 3 fully saturated rings. The molecule has 10 rings (SSSR count). The molecule has 0 saturated carbocycles. The molecule has 7 aromatic rings. The van der Waals surface area contributed by atoms with E-state index in [9.17, 15) is 39.8 Å². The van der Waals surface area contributed by atoms with Crippen LogP contribution in [0.25, 0.3) is 0 Å². The summed E-state index contributed by atoms with van der Waals surface area (Å²) in [4.78, 5) is 41.7. The summed E-state index contributed by atoms with van der Waals surface area (Å²) in [5, 5.41) is 44.1. The summed E-state index contributed by atoms with van der Waals surface area (Å²) < 4.78 is 24.2. The zero-order valence-corrected chi connectivity index (χ0v) is 42.9. The number of anilines is 2. The van der Waals surface area contributed by atoms with Crippen LogP contribution < -0.4 is 14.8 Å². The van der Waals surface area contributed by atoms with Gasteiger partial charge in [0.1, 0.15) is 29.5 Å². The molecule has 3 saturated heterocycles. The van der Waals surface area contributed by atoms with Crippen molar-refractivity contribution in [1.29, 1.82) is 0 Å². The normalized spacial score (nSPS) is 15.5. The van der Waals surface area contributed by atoms with Gasteiger partial charge in [0.15, 0.2) is 0 Å². The molecule has 17 nitrogen and oxygen atoms in total.